The molecule has 0 spiro atoms. The molecule has 0 radical (unpaired) electrons. The highest BCUT2D eigenvalue weighted by Gasteiger charge is 2.24. The molecule has 0 aliphatic carbocycles. The smallest absolute Gasteiger partial charge is 0.335 e. The van der Waals surface area contributed by atoms with Crippen LogP contribution in [0, 0.1) is 0 Å². The molecule has 2 atom stereocenters. The fraction of sp³-hybridized carbons (Fsp3) is 0.333. The van der Waals surface area contributed by atoms with Gasteiger partial charge in [-0.15, -0.1) is 0 Å². The molecule has 96 valence electrons. The maximum atomic E-state index is 10.5. The van der Waals surface area contributed by atoms with Crippen molar-refractivity contribution in [3.63, 3.8) is 0 Å². The van der Waals surface area contributed by atoms with Gasteiger partial charge in [0.1, 0.15) is 17.9 Å². The maximum Gasteiger partial charge on any atom is 0.335 e. The van der Waals surface area contributed by atoms with Crippen LogP contribution in [0.25, 0.3) is 11.2 Å². The molecule has 2 aromatic rings. The van der Waals surface area contributed by atoms with E-state index in [9.17, 15) is 15.0 Å². The number of anilines is 1. The van der Waals surface area contributed by atoms with Crippen LogP contribution in [0.15, 0.2) is 12.7 Å². The molecule has 0 unspecified atom stereocenters. The van der Waals surface area contributed by atoms with E-state index in [0.717, 1.165) is 0 Å². The molecular formula is C9H11N5O4. The predicted octanol–water partition coefficient (Wildman–Crippen LogP) is -1.79. The number of aromatic nitrogens is 4. The minimum absolute atomic E-state index is 0.166. The molecule has 2 rings (SSSR count). The Morgan fingerprint density at radius 2 is 2.11 bits per heavy atom. The van der Waals surface area contributed by atoms with Crippen LogP contribution in [0.5, 0.6) is 0 Å². The number of fused-ring (bicyclic) bond motifs is 1. The van der Waals surface area contributed by atoms with Gasteiger partial charge >= 0.3 is 5.97 Å². The number of carbonyl (C=O) groups is 1. The van der Waals surface area contributed by atoms with Gasteiger partial charge in [-0.2, -0.15) is 0 Å². The van der Waals surface area contributed by atoms with Gasteiger partial charge in [0.2, 0.25) is 0 Å². The summed E-state index contributed by atoms with van der Waals surface area (Å²) in [6, 6.07) is 0. The number of nitrogen functional groups attached to an aromatic ring is 1. The summed E-state index contributed by atoms with van der Waals surface area (Å²) in [5, 5.41) is 27.3. The third-order valence-electron chi connectivity index (χ3n) is 2.43. The number of nitrogens with zero attached hydrogens (tertiary/aromatic N) is 4. The van der Waals surface area contributed by atoms with Crippen molar-refractivity contribution in [2.45, 2.75) is 18.8 Å². The Balaban J connectivity index is 2.27. The Kier molecular flexibility index (Phi) is 3.08. The molecule has 0 bridgehead atoms. The van der Waals surface area contributed by atoms with Crippen LogP contribution in [-0.4, -0.2) is 53.0 Å². The molecule has 0 saturated carbocycles. The number of hydrogen-bond acceptors (Lipinski definition) is 7. The van der Waals surface area contributed by atoms with E-state index in [2.05, 4.69) is 15.0 Å². The zero-order valence-electron chi connectivity index (χ0n) is 9.13. The quantitative estimate of drug-likeness (QED) is 0.499. The molecule has 18 heavy (non-hydrogen) atoms. The molecule has 9 nitrogen and oxygen atoms in total. The first kappa shape index (κ1) is 12.2. The molecule has 2 heterocycles. The Bertz CT molecular complexity index is 583. The third-order valence-corrected chi connectivity index (χ3v) is 2.43. The van der Waals surface area contributed by atoms with E-state index in [-0.39, 0.29) is 12.4 Å². The number of nitrogens with two attached hydrogens (primary N) is 1. The highest BCUT2D eigenvalue weighted by molar-refractivity contribution is 5.81. The van der Waals surface area contributed by atoms with Crippen molar-refractivity contribution >= 4 is 23.0 Å². The third kappa shape index (κ3) is 2.08. The number of carboxylic acids is 1. The first-order chi connectivity index (χ1) is 8.50. The van der Waals surface area contributed by atoms with E-state index in [1.54, 1.807) is 0 Å². The minimum atomic E-state index is -1.87. The van der Waals surface area contributed by atoms with Crippen LogP contribution in [0.4, 0.5) is 5.82 Å². The molecule has 0 aromatic carbocycles. The second-order valence-electron chi connectivity index (χ2n) is 3.68. The van der Waals surface area contributed by atoms with Crippen molar-refractivity contribution in [3.8, 4) is 0 Å². The fourth-order valence-electron chi connectivity index (χ4n) is 1.50. The van der Waals surface area contributed by atoms with Gasteiger partial charge in [0.25, 0.3) is 0 Å². The summed E-state index contributed by atoms with van der Waals surface area (Å²) in [5.41, 5.74) is 6.29. The Morgan fingerprint density at radius 1 is 1.39 bits per heavy atom. The van der Waals surface area contributed by atoms with Crippen LogP contribution >= 0.6 is 0 Å². The number of aliphatic hydroxyl groups is 2. The number of hydrogen-bond donors (Lipinski definition) is 4. The van der Waals surface area contributed by atoms with Crippen LogP contribution in [0.3, 0.4) is 0 Å². The fourth-order valence-corrected chi connectivity index (χ4v) is 1.50. The van der Waals surface area contributed by atoms with Crippen molar-refractivity contribution in [2.24, 2.45) is 0 Å². The van der Waals surface area contributed by atoms with Crippen molar-refractivity contribution < 1.29 is 20.1 Å². The summed E-state index contributed by atoms with van der Waals surface area (Å²) in [6.07, 6.45) is -0.777. The van der Waals surface area contributed by atoms with E-state index in [1.807, 2.05) is 0 Å². The minimum Gasteiger partial charge on any atom is -0.479 e. The second-order valence-corrected chi connectivity index (χ2v) is 3.68. The number of imidazole rings is 1. The van der Waals surface area contributed by atoms with Gasteiger partial charge in [0, 0.05) is 0 Å². The monoisotopic (exact) mass is 253 g/mol. The summed E-state index contributed by atoms with van der Waals surface area (Å²) < 4.78 is 1.39. The van der Waals surface area contributed by atoms with Crippen molar-refractivity contribution in [1.82, 2.24) is 19.5 Å². The van der Waals surface area contributed by atoms with E-state index in [4.69, 9.17) is 10.8 Å². The van der Waals surface area contributed by atoms with Gasteiger partial charge in [-0.25, -0.2) is 19.7 Å². The molecule has 0 fully saturated rings. The molecule has 0 aliphatic heterocycles. The van der Waals surface area contributed by atoms with Crippen molar-refractivity contribution in [1.29, 1.82) is 0 Å². The lowest BCUT2D eigenvalue weighted by Crippen LogP contribution is -2.36. The van der Waals surface area contributed by atoms with E-state index >= 15 is 0 Å². The summed E-state index contributed by atoms with van der Waals surface area (Å²) in [6.45, 7) is -0.166. The SMILES string of the molecule is Nc1ncnc2c1ncn2C[C@@H](O)[C@H](O)C(=O)O. The van der Waals surface area contributed by atoms with Gasteiger partial charge < -0.3 is 25.6 Å². The Hall–Kier alpha value is -2.26. The van der Waals surface area contributed by atoms with Crippen LogP contribution < -0.4 is 5.73 Å². The number of rotatable bonds is 4. The Labute approximate surface area is 101 Å². The largest absolute Gasteiger partial charge is 0.479 e. The average Bonchev–Trinajstić information content (AvgIpc) is 2.73. The van der Waals surface area contributed by atoms with Crippen LogP contribution in [-0.2, 0) is 11.3 Å². The van der Waals surface area contributed by atoms with Gasteiger partial charge in [0.05, 0.1) is 12.9 Å². The molecule has 2 aromatic heterocycles. The number of aliphatic hydroxyl groups excluding tert-OH is 2. The van der Waals surface area contributed by atoms with E-state index in [0.29, 0.717) is 11.2 Å². The normalized spacial score (nSPS) is 14.6. The van der Waals surface area contributed by atoms with Crippen LogP contribution in [0.1, 0.15) is 0 Å². The number of carboxylic acid groups (broad SMARTS) is 1. The highest BCUT2D eigenvalue weighted by atomic mass is 16.4. The summed E-state index contributed by atoms with van der Waals surface area (Å²) >= 11 is 0. The standard InChI is InChI=1S/C9H11N5O4/c10-7-5-8(12-2-11-7)14(3-13-5)1-4(15)6(16)9(17)18/h2-4,6,15-16H,1H2,(H,17,18)(H2,10,11,12)/t4-,6+/m1/s1. The molecular weight excluding hydrogens is 242 g/mol. The molecule has 5 N–H and O–H groups in total. The van der Waals surface area contributed by atoms with Crippen molar-refractivity contribution in [2.75, 3.05) is 5.73 Å². The average molecular weight is 253 g/mol. The second kappa shape index (κ2) is 4.55. The maximum absolute atomic E-state index is 10.5. The van der Waals surface area contributed by atoms with Gasteiger partial charge in [0.15, 0.2) is 17.6 Å². The summed E-state index contributed by atoms with van der Waals surface area (Å²) in [4.78, 5) is 22.1. The molecule has 0 aliphatic rings. The first-order valence-corrected chi connectivity index (χ1v) is 5.01. The first-order valence-electron chi connectivity index (χ1n) is 5.01. The van der Waals surface area contributed by atoms with Gasteiger partial charge in [-0.05, 0) is 0 Å². The lowest BCUT2D eigenvalue weighted by atomic mass is 10.2. The summed E-state index contributed by atoms with van der Waals surface area (Å²) in [7, 11) is 0. The molecule has 0 saturated heterocycles. The van der Waals surface area contributed by atoms with Gasteiger partial charge in [-0.3, -0.25) is 0 Å². The van der Waals surface area contributed by atoms with E-state index in [1.165, 1.54) is 17.2 Å². The van der Waals surface area contributed by atoms with Crippen LogP contribution in [0.2, 0.25) is 0 Å². The molecule has 0 amide bonds. The van der Waals surface area contributed by atoms with E-state index < -0.39 is 18.2 Å². The van der Waals surface area contributed by atoms with Gasteiger partial charge in [-0.1, -0.05) is 0 Å². The molecule has 9 heteroatoms. The number of aliphatic carboxylic acids is 1. The topological polar surface area (TPSA) is 147 Å². The zero-order valence-corrected chi connectivity index (χ0v) is 9.13. The highest BCUT2D eigenvalue weighted by Crippen LogP contribution is 2.14. The Morgan fingerprint density at radius 3 is 2.78 bits per heavy atom. The zero-order chi connectivity index (χ0) is 13.3. The van der Waals surface area contributed by atoms with Crippen molar-refractivity contribution in [3.05, 3.63) is 12.7 Å². The lowest BCUT2D eigenvalue weighted by Gasteiger charge is -2.14. The summed E-state index contributed by atoms with van der Waals surface area (Å²) in [5.74, 6) is -1.31. The lowest BCUT2D eigenvalue weighted by molar-refractivity contribution is -0.153. The predicted molar refractivity (Wildman–Crippen MR) is 59.4 cm³/mol.